The summed E-state index contributed by atoms with van der Waals surface area (Å²) in [5.41, 5.74) is -0.532. The van der Waals surface area contributed by atoms with Gasteiger partial charge < -0.3 is 15.7 Å². The second-order valence-corrected chi connectivity index (χ2v) is 4.99. The van der Waals surface area contributed by atoms with Crippen LogP contribution < -0.4 is 10.6 Å². The third-order valence-corrected chi connectivity index (χ3v) is 3.39. The van der Waals surface area contributed by atoms with Crippen LogP contribution in [0.15, 0.2) is 6.07 Å². The highest BCUT2D eigenvalue weighted by atomic mass is 16.3. The zero-order valence-electron chi connectivity index (χ0n) is 11.2. The number of hydrogen-bond acceptors (Lipinski definition) is 5. The maximum absolute atomic E-state index is 10.0. The van der Waals surface area contributed by atoms with Gasteiger partial charge in [-0.15, -0.1) is 0 Å². The summed E-state index contributed by atoms with van der Waals surface area (Å²) in [7, 11) is 1.85. The van der Waals surface area contributed by atoms with Crippen LogP contribution in [0.3, 0.4) is 0 Å². The van der Waals surface area contributed by atoms with Gasteiger partial charge in [0.1, 0.15) is 17.5 Å². The second-order valence-electron chi connectivity index (χ2n) is 4.99. The van der Waals surface area contributed by atoms with Crippen molar-refractivity contribution in [2.45, 2.75) is 44.6 Å². The molecule has 1 fully saturated rings. The average Bonchev–Trinajstić information content (AvgIpc) is 2.34. The summed E-state index contributed by atoms with van der Waals surface area (Å²) < 4.78 is 0. The Kier molecular flexibility index (Phi) is 4.01. The number of hydrogen-bond donors (Lipinski definition) is 3. The molecule has 1 aromatic rings. The van der Waals surface area contributed by atoms with Crippen molar-refractivity contribution in [3.63, 3.8) is 0 Å². The largest absolute Gasteiger partial charge is 0.388 e. The Hall–Kier alpha value is -1.36. The van der Waals surface area contributed by atoms with E-state index in [1.807, 2.05) is 13.1 Å². The van der Waals surface area contributed by atoms with Crippen molar-refractivity contribution in [2.24, 2.45) is 0 Å². The van der Waals surface area contributed by atoms with Gasteiger partial charge in [-0.2, -0.15) is 0 Å². The van der Waals surface area contributed by atoms with Gasteiger partial charge in [0, 0.05) is 26.1 Å². The molecule has 5 nitrogen and oxygen atoms in total. The summed E-state index contributed by atoms with van der Waals surface area (Å²) in [6.07, 6.45) is 4.77. The fraction of sp³-hybridized carbons (Fsp3) is 0.692. The Labute approximate surface area is 108 Å². The minimum absolute atomic E-state index is 0.532. The number of aromatic nitrogens is 2. The monoisotopic (exact) mass is 250 g/mol. The first kappa shape index (κ1) is 13.1. The molecule has 0 aromatic carbocycles. The lowest BCUT2D eigenvalue weighted by molar-refractivity contribution is -0.0202. The van der Waals surface area contributed by atoms with E-state index in [0.717, 1.165) is 49.6 Å². The van der Waals surface area contributed by atoms with E-state index in [1.54, 1.807) is 0 Å². The molecule has 1 aromatic heterocycles. The molecule has 3 N–H and O–H groups in total. The highest BCUT2D eigenvalue weighted by Gasteiger charge is 2.34. The highest BCUT2D eigenvalue weighted by molar-refractivity contribution is 5.47. The van der Waals surface area contributed by atoms with Crippen molar-refractivity contribution >= 4 is 11.6 Å². The van der Waals surface area contributed by atoms with Crippen LogP contribution in [0.25, 0.3) is 0 Å². The van der Waals surface area contributed by atoms with Gasteiger partial charge in [-0.3, -0.25) is 0 Å². The number of nitrogens with zero attached hydrogens (tertiary/aromatic N) is 2. The van der Waals surface area contributed by atoms with Crippen molar-refractivity contribution in [2.75, 3.05) is 24.2 Å². The van der Waals surface area contributed by atoms with Crippen LogP contribution in [-0.4, -0.2) is 34.3 Å². The lowest BCUT2D eigenvalue weighted by Gasteiger charge is -2.36. The van der Waals surface area contributed by atoms with E-state index in [1.165, 1.54) is 0 Å². The number of rotatable bonds is 6. The Morgan fingerprint density at radius 3 is 2.61 bits per heavy atom. The molecule has 0 amide bonds. The summed E-state index contributed by atoms with van der Waals surface area (Å²) in [6, 6.07) is 1.88. The number of aryl methyl sites for hydroxylation is 1. The summed E-state index contributed by atoms with van der Waals surface area (Å²) in [6.45, 7) is 2.68. The summed E-state index contributed by atoms with van der Waals surface area (Å²) in [5.74, 6) is 2.45. The van der Waals surface area contributed by atoms with E-state index in [4.69, 9.17) is 0 Å². The molecule has 1 aliphatic rings. The van der Waals surface area contributed by atoms with E-state index in [0.29, 0.717) is 6.54 Å². The van der Waals surface area contributed by atoms with E-state index >= 15 is 0 Å². The van der Waals surface area contributed by atoms with E-state index in [2.05, 4.69) is 27.5 Å². The molecular weight excluding hydrogens is 228 g/mol. The topological polar surface area (TPSA) is 70.1 Å². The van der Waals surface area contributed by atoms with Gasteiger partial charge in [0.25, 0.3) is 0 Å². The first-order valence-electron chi connectivity index (χ1n) is 6.67. The minimum Gasteiger partial charge on any atom is -0.388 e. The third kappa shape index (κ3) is 3.10. The standard InChI is InChI=1S/C13H22N4O/c1-3-5-10-16-11(14-2)8-12(17-10)15-9-13(18)6-4-7-13/h8,18H,3-7,9H2,1-2H3,(H2,14,15,16,17). The summed E-state index contributed by atoms with van der Waals surface area (Å²) in [5, 5.41) is 16.3. The molecule has 1 aliphatic carbocycles. The molecular formula is C13H22N4O. The molecule has 5 heteroatoms. The lowest BCUT2D eigenvalue weighted by Crippen LogP contribution is -2.43. The van der Waals surface area contributed by atoms with Gasteiger partial charge in [0.15, 0.2) is 0 Å². The van der Waals surface area contributed by atoms with Crippen molar-refractivity contribution < 1.29 is 5.11 Å². The van der Waals surface area contributed by atoms with Crippen LogP contribution in [0, 0.1) is 0 Å². The number of anilines is 2. The van der Waals surface area contributed by atoms with Crippen molar-refractivity contribution in [1.82, 2.24) is 9.97 Å². The van der Waals surface area contributed by atoms with Crippen molar-refractivity contribution in [1.29, 1.82) is 0 Å². The van der Waals surface area contributed by atoms with Crippen molar-refractivity contribution in [3.05, 3.63) is 11.9 Å². The van der Waals surface area contributed by atoms with Gasteiger partial charge in [-0.1, -0.05) is 6.92 Å². The Morgan fingerprint density at radius 2 is 2.06 bits per heavy atom. The predicted molar refractivity (Wildman–Crippen MR) is 72.9 cm³/mol. The van der Waals surface area contributed by atoms with Gasteiger partial charge in [-0.05, 0) is 25.7 Å². The molecule has 1 heterocycles. The second kappa shape index (κ2) is 5.52. The molecule has 0 saturated heterocycles. The van der Waals surface area contributed by atoms with Crippen LogP contribution in [0.1, 0.15) is 38.4 Å². The predicted octanol–water partition coefficient (Wildman–Crippen LogP) is 1.80. The Morgan fingerprint density at radius 1 is 1.33 bits per heavy atom. The molecule has 0 spiro atoms. The van der Waals surface area contributed by atoms with Crippen LogP contribution >= 0.6 is 0 Å². The first-order valence-corrected chi connectivity index (χ1v) is 6.67. The number of aliphatic hydroxyl groups is 1. The quantitative estimate of drug-likeness (QED) is 0.718. The Balaban J connectivity index is 2.03. The molecule has 1 saturated carbocycles. The Bertz CT molecular complexity index is 404. The van der Waals surface area contributed by atoms with Gasteiger partial charge >= 0.3 is 0 Å². The van der Waals surface area contributed by atoms with Crippen molar-refractivity contribution in [3.8, 4) is 0 Å². The maximum atomic E-state index is 10.0. The summed E-state index contributed by atoms with van der Waals surface area (Å²) >= 11 is 0. The molecule has 100 valence electrons. The fourth-order valence-corrected chi connectivity index (χ4v) is 2.07. The molecule has 0 bridgehead atoms. The zero-order chi connectivity index (χ0) is 13.0. The van der Waals surface area contributed by atoms with Crippen LogP contribution in [0.5, 0.6) is 0 Å². The number of nitrogens with one attached hydrogen (secondary N) is 2. The van der Waals surface area contributed by atoms with Crippen LogP contribution in [0.2, 0.25) is 0 Å². The van der Waals surface area contributed by atoms with Crippen LogP contribution in [-0.2, 0) is 6.42 Å². The SMILES string of the molecule is CCCc1nc(NC)cc(NCC2(O)CCC2)n1. The minimum atomic E-state index is -0.532. The lowest BCUT2D eigenvalue weighted by atomic mass is 9.80. The molecule has 0 radical (unpaired) electrons. The smallest absolute Gasteiger partial charge is 0.133 e. The van der Waals surface area contributed by atoms with E-state index < -0.39 is 5.60 Å². The zero-order valence-corrected chi connectivity index (χ0v) is 11.2. The normalized spacial score (nSPS) is 17.1. The molecule has 2 rings (SSSR count). The van der Waals surface area contributed by atoms with Crippen LogP contribution in [0.4, 0.5) is 11.6 Å². The fourth-order valence-electron chi connectivity index (χ4n) is 2.07. The highest BCUT2D eigenvalue weighted by Crippen LogP contribution is 2.31. The van der Waals surface area contributed by atoms with E-state index in [-0.39, 0.29) is 0 Å². The third-order valence-electron chi connectivity index (χ3n) is 3.39. The average molecular weight is 250 g/mol. The molecule has 0 unspecified atom stereocenters. The molecule has 0 atom stereocenters. The van der Waals surface area contributed by atoms with E-state index in [9.17, 15) is 5.11 Å². The molecule has 0 aliphatic heterocycles. The van der Waals surface area contributed by atoms with Gasteiger partial charge in [-0.25, -0.2) is 9.97 Å². The van der Waals surface area contributed by atoms with Gasteiger partial charge in [0.05, 0.1) is 5.60 Å². The summed E-state index contributed by atoms with van der Waals surface area (Å²) in [4.78, 5) is 8.85. The molecule has 18 heavy (non-hydrogen) atoms. The maximum Gasteiger partial charge on any atom is 0.133 e. The first-order chi connectivity index (χ1) is 8.65. The van der Waals surface area contributed by atoms with Gasteiger partial charge in [0.2, 0.25) is 0 Å².